The molecule has 0 amide bonds. The molecule has 15 heavy (non-hydrogen) atoms. The maximum Gasteiger partial charge on any atom is 0.136 e. The van der Waals surface area contributed by atoms with Crippen LogP contribution in [-0.4, -0.2) is 28.8 Å². The van der Waals surface area contributed by atoms with Crippen LogP contribution in [0.15, 0.2) is 0 Å². The molecule has 1 spiro atoms. The van der Waals surface area contributed by atoms with E-state index in [9.17, 15) is 4.79 Å². The van der Waals surface area contributed by atoms with E-state index >= 15 is 0 Å². The maximum atomic E-state index is 11.7. The van der Waals surface area contributed by atoms with Crippen molar-refractivity contribution in [1.29, 1.82) is 0 Å². The summed E-state index contributed by atoms with van der Waals surface area (Å²) in [4.78, 5) is 14.3. The Balaban J connectivity index is 2.17. The van der Waals surface area contributed by atoms with Gasteiger partial charge >= 0.3 is 0 Å². The van der Waals surface area contributed by atoms with E-state index in [0.29, 0.717) is 11.8 Å². The van der Waals surface area contributed by atoms with Gasteiger partial charge in [0, 0.05) is 31.0 Å². The average molecular weight is 209 g/mol. The van der Waals surface area contributed by atoms with Crippen LogP contribution in [0.25, 0.3) is 0 Å². The van der Waals surface area contributed by atoms with Crippen molar-refractivity contribution in [3.8, 4) is 0 Å². The van der Waals surface area contributed by atoms with E-state index in [1.807, 2.05) is 0 Å². The van der Waals surface area contributed by atoms with Gasteiger partial charge in [0.1, 0.15) is 5.78 Å². The normalized spacial score (nSPS) is 27.5. The number of carbonyl (C=O) groups is 1. The number of hydrogen-bond acceptors (Lipinski definition) is 2. The number of carbonyl (C=O) groups excluding carboxylic acids is 1. The highest BCUT2D eigenvalue weighted by molar-refractivity contribution is 5.80. The summed E-state index contributed by atoms with van der Waals surface area (Å²) in [5.74, 6) is 0.494. The summed E-state index contributed by atoms with van der Waals surface area (Å²) in [5, 5.41) is 0. The summed E-state index contributed by atoms with van der Waals surface area (Å²) in [6.45, 7) is 5.54. The SMILES string of the molecule is CC(C)N1CCC(=O)CC12CCCCC2. The van der Waals surface area contributed by atoms with Crippen LogP contribution >= 0.6 is 0 Å². The number of rotatable bonds is 1. The second kappa shape index (κ2) is 4.25. The molecule has 0 unspecified atom stereocenters. The largest absolute Gasteiger partial charge is 0.300 e. The standard InChI is InChI=1S/C13H23NO/c1-11(2)14-9-6-12(15)10-13(14)7-4-3-5-8-13/h11H,3-10H2,1-2H3. The average Bonchev–Trinajstić information content (AvgIpc) is 2.18. The first kappa shape index (κ1) is 11.1. The summed E-state index contributed by atoms with van der Waals surface area (Å²) >= 11 is 0. The van der Waals surface area contributed by atoms with Crippen LogP contribution in [0, 0.1) is 0 Å². The van der Waals surface area contributed by atoms with Crippen LogP contribution < -0.4 is 0 Å². The van der Waals surface area contributed by atoms with Crippen LogP contribution in [0.2, 0.25) is 0 Å². The van der Waals surface area contributed by atoms with E-state index in [-0.39, 0.29) is 5.54 Å². The van der Waals surface area contributed by atoms with Crippen LogP contribution in [0.4, 0.5) is 0 Å². The lowest BCUT2D eigenvalue weighted by atomic mass is 9.74. The predicted octanol–water partition coefficient (Wildman–Crippen LogP) is 2.76. The van der Waals surface area contributed by atoms with Gasteiger partial charge in [-0.15, -0.1) is 0 Å². The molecule has 2 aliphatic rings. The molecule has 1 saturated carbocycles. The lowest BCUT2D eigenvalue weighted by Gasteiger charge is -2.51. The number of ketones is 1. The van der Waals surface area contributed by atoms with E-state index in [0.717, 1.165) is 19.4 Å². The maximum absolute atomic E-state index is 11.7. The van der Waals surface area contributed by atoms with Gasteiger partial charge in [-0.05, 0) is 26.7 Å². The van der Waals surface area contributed by atoms with Gasteiger partial charge in [-0.3, -0.25) is 9.69 Å². The summed E-state index contributed by atoms with van der Waals surface area (Å²) in [6, 6.07) is 0.594. The van der Waals surface area contributed by atoms with Gasteiger partial charge in [0.2, 0.25) is 0 Å². The molecule has 86 valence electrons. The number of nitrogens with zero attached hydrogens (tertiary/aromatic N) is 1. The van der Waals surface area contributed by atoms with E-state index in [1.54, 1.807) is 0 Å². The Bertz CT molecular complexity index is 241. The first-order valence-electron chi connectivity index (χ1n) is 6.42. The summed E-state index contributed by atoms with van der Waals surface area (Å²) in [7, 11) is 0. The minimum atomic E-state index is 0.252. The smallest absolute Gasteiger partial charge is 0.136 e. The molecular formula is C13H23NO. The molecule has 0 atom stereocenters. The fraction of sp³-hybridized carbons (Fsp3) is 0.923. The zero-order valence-electron chi connectivity index (χ0n) is 10.1. The van der Waals surface area contributed by atoms with Gasteiger partial charge in [-0.2, -0.15) is 0 Å². The number of hydrogen-bond donors (Lipinski definition) is 0. The van der Waals surface area contributed by atoms with Gasteiger partial charge < -0.3 is 0 Å². The number of likely N-dealkylation sites (tertiary alicyclic amines) is 1. The molecule has 0 aromatic rings. The quantitative estimate of drug-likeness (QED) is 0.662. The van der Waals surface area contributed by atoms with Crippen molar-refractivity contribution in [3.05, 3.63) is 0 Å². The molecule has 2 rings (SSSR count). The van der Waals surface area contributed by atoms with Gasteiger partial charge in [0.05, 0.1) is 0 Å². The van der Waals surface area contributed by atoms with Crippen LogP contribution in [-0.2, 0) is 4.79 Å². The van der Waals surface area contributed by atoms with Crippen LogP contribution in [0.3, 0.4) is 0 Å². The molecule has 1 heterocycles. The fourth-order valence-corrected chi connectivity index (χ4v) is 3.52. The molecule has 0 aromatic carbocycles. The highest BCUT2D eigenvalue weighted by atomic mass is 16.1. The molecule has 0 N–H and O–H groups in total. The Labute approximate surface area is 93.0 Å². The van der Waals surface area contributed by atoms with Gasteiger partial charge in [-0.25, -0.2) is 0 Å². The Morgan fingerprint density at radius 2 is 1.87 bits per heavy atom. The molecular weight excluding hydrogens is 186 g/mol. The predicted molar refractivity (Wildman–Crippen MR) is 61.9 cm³/mol. The van der Waals surface area contributed by atoms with Crippen molar-refractivity contribution in [1.82, 2.24) is 4.90 Å². The molecule has 1 aliphatic heterocycles. The second-order valence-electron chi connectivity index (χ2n) is 5.54. The monoisotopic (exact) mass is 209 g/mol. The highest BCUT2D eigenvalue weighted by Crippen LogP contribution is 2.40. The van der Waals surface area contributed by atoms with Gasteiger partial charge in [0.25, 0.3) is 0 Å². The molecule has 1 saturated heterocycles. The minimum absolute atomic E-state index is 0.252. The lowest BCUT2D eigenvalue weighted by molar-refractivity contribution is -0.129. The molecule has 0 radical (unpaired) electrons. The third kappa shape index (κ3) is 2.10. The third-order valence-corrected chi connectivity index (χ3v) is 4.17. The van der Waals surface area contributed by atoms with Crippen molar-refractivity contribution in [3.63, 3.8) is 0 Å². The molecule has 2 heteroatoms. The van der Waals surface area contributed by atoms with E-state index in [4.69, 9.17) is 0 Å². The molecule has 2 nitrogen and oxygen atoms in total. The Hall–Kier alpha value is -0.370. The van der Waals surface area contributed by atoms with E-state index in [1.165, 1.54) is 32.1 Å². The zero-order valence-corrected chi connectivity index (χ0v) is 10.1. The Morgan fingerprint density at radius 1 is 1.20 bits per heavy atom. The lowest BCUT2D eigenvalue weighted by Crippen LogP contribution is -2.57. The third-order valence-electron chi connectivity index (χ3n) is 4.17. The van der Waals surface area contributed by atoms with Crippen molar-refractivity contribution in [2.75, 3.05) is 6.54 Å². The number of piperidine rings is 1. The van der Waals surface area contributed by atoms with Crippen molar-refractivity contribution < 1.29 is 4.79 Å². The molecule has 0 bridgehead atoms. The zero-order chi connectivity index (χ0) is 10.9. The summed E-state index contributed by atoms with van der Waals surface area (Å²) in [5.41, 5.74) is 0.252. The topological polar surface area (TPSA) is 20.3 Å². The van der Waals surface area contributed by atoms with E-state index < -0.39 is 0 Å². The first-order valence-corrected chi connectivity index (χ1v) is 6.42. The molecule has 0 aromatic heterocycles. The Morgan fingerprint density at radius 3 is 2.47 bits per heavy atom. The van der Waals surface area contributed by atoms with Crippen molar-refractivity contribution in [2.45, 2.75) is 70.4 Å². The molecule has 1 aliphatic carbocycles. The van der Waals surface area contributed by atoms with Gasteiger partial charge in [-0.1, -0.05) is 19.3 Å². The second-order valence-corrected chi connectivity index (χ2v) is 5.54. The first-order chi connectivity index (χ1) is 7.14. The van der Waals surface area contributed by atoms with Crippen molar-refractivity contribution >= 4 is 5.78 Å². The van der Waals surface area contributed by atoms with Crippen LogP contribution in [0.1, 0.15) is 58.8 Å². The Kier molecular flexibility index (Phi) is 3.15. The number of Topliss-reactive ketones (excluding diaryl/α,β-unsaturated/α-hetero) is 1. The highest BCUT2D eigenvalue weighted by Gasteiger charge is 2.43. The summed E-state index contributed by atoms with van der Waals surface area (Å²) in [6.07, 6.45) is 8.09. The van der Waals surface area contributed by atoms with Crippen molar-refractivity contribution in [2.24, 2.45) is 0 Å². The molecule has 2 fully saturated rings. The van der Waals surface area contributed by atoms with E-state index in [2.05, 4.69) is 18.7 Å². The summed E-state index contributed by atoms with van der Waals surface area (Å²) < 4.78 is 0. The van der Waals surface area contributed by atoms with Crippen LogP contribution in [0.5, 0.6) is 0 Å². The van der Waals surface area contributed by atoms with Gasteiger partial charge in [0.15, 0.2) is 0 Å². The minimum Gasteiger partial charge on any atom is -0.300 e. The fourth-order valence-electron chi connectivity index (χ4n) is 3.52.